The molecule has 0 bridgehead atoms. The van der Waals surface area contributed by atoms with Gasteiger partial charge in [-0.15, -0.1) is 0 Å². The third-order valence-corrected chi connectivity index (χ3v) is 2.84. The molecular formula is C13H19F3N2. The lowest BCUT2D eigenvalue weighted by molar-refractivity contribution is -0.140. The fourth-order valence-corrected chi connectivity index (χ4v) is 1.79. The first-order chi connectivity index (χ1) is 8.31. The van der Waals surface area contributed by atoms with Gasteiger partial charge < -0.3 is 0 Å². The van der Waals surface area contributed by atoms with Crippen LogP contribution in [-0.2, 0) is 6.42 Å². The van der Waals surface area contributed by atoms with Crippen molar-refractivity contribution in [2.45, 2.75) is 44.8 Å². The smallest absolute Gasteiger partial charge is 0.271 e. The molecule has 0 aliphatic rings. The average Bonchev–Trinajstić information content (AvgIpc) is 2.27. The van der Waals surface area contributed by atoms with E-state index in [0.29, 0.717) is 5.92 Å². The van der Waals surface area contributed by atoms with Crippen LogP contribution in [0.5, 0.6) is 0 Å². The largest absolute Gasteiger partial charge is 0.390 e. The zero-order valence-corrected chi connectivity index (χ0v) is 10.6. The Morgan fingerprint density at radius 1 is 1.17 bits per heavy atom. The number of halogens is 3. The zero-order chi connectivity index (χ0) is 13.8. The van der Waals surface area contributed by atoms with Crippen LogP contribution in [0.2, 0.25) is 0 Å². The Hall–Kier alpha value is -1.07. The maximum Gasteiger partial charge on any atom is 0.390 e. The summed E-state index contributed by atoms with van der Waals surface area (Å²) in [6.45, 7) is 4.14. The van der Waals surface area contributed by atoms with Gasteiger partial charge in [-0.2, -0.15) is 13.2 Å². The van der Waals surface area contributed by atoms with Crippen molar-refractivity contribution < 1.29 is 13.2 Å². The molecular weight excluding hydrogens is 241 g/mol. The van der Waals surface area contributed by atoms with Gasteiger partial charge >= 0.3 is 6.18 Å². The molecule has 1 aromatic carbocycles. The van der Waals surface area contributed by atoms with Crippen molar-refractivity contribution in [2.75, 3.05) is 0 Å². The van der Waals surface area contributed by atoms with Crippen molar-refractivity contribution in [3.05, 3.63) is 35.4 Å². The second-order valence-corrected chi connectivity index (χ2v) is 4.78. The predicted octanol–water partition coefficient (Wildman–Crippen LogP) is 3.14. The topological polar surface area (TPSA) is 38.0 Å². The van der Waals surface area contributed by atoms with E-state index in [1.807, 2.05) is 24.3 Å². The van der Waals surface area contributed by atoms with Gasteiger partial charge in [-0.25, -0.2) is 0 Å². The third kappa shape index (κ3) is 5.06. The van der Waals surface area contributed by atoms with E-state index in [2.05, 4.69) is 19.3 Å². The fourth-order valence-electron chi connectivity index (χ4n) is 1.79. The lowest BCUT2D eigenvalue weighted by Crippen LogP contribution is -2.40. The highest BCUT2D eigenvalue weighted by Gasteiger charge is 2.31. The lowest BCUT2D eigenvalue weighted by Gasteiger charge is -2.18. The zero-order valence-electron chi connectivity index (χ0n) is 10.6. The van der Waals surface area contributed by atoms with Gasteiger partial charge in [0, 0.05) is 6.04 Å². The van der Waals surface area contributed by atoms with E-state index in [1.54, 1.807) is 0 Å². The second-order valence-electron chi connectivity index (χ2n) is 4.78. The molecule has 5 heteroatoms. The number of hydrogen-bond acceptors (Lipinski definition) is 2. The van der Waals surface area contributed by atoms with Crippen LogP contribution >= 0.6 is 0 Å². The molecule has 0 aromatic heterocycles. The van der Waals surface area contributed by atoms with E-state index in [-0.39, 0.29) is 6.42 Å². The quantitative estimate of drug-likeness (QED) is 0.630. The van der Waals surface area contributed by atoms with E-state index >= 15 is 0 Å². The Morgan fingerprint density at radius 3 is 2.11 bits per heavy atom. The minimum Gasteiger partial charge on any atom is -0.271 e. The van der Waals surface area contributed by atoms with Crippen molar-refractivity contribution in [2.24, 2.45) is 5.84 Å². The maximum absolute atomic E-state index is 12.3. The molecule has 0 heterocycles. The molecule has 0 spiro atoms. The Morgan fingerprint density at radius 2 is 1.72 bits per heavy atom. The number of hydrogen-bond donors (Lipinski definition) is 2. The van der Waals surface area contributed by atoms with Crippen molar-refractivity contribution in [1.29, 1.82) is 0 Å². The molecule has 0 fully saturated rings. The predicted molar refractivity (Wildman–Crippen MR) is 66.0 cm³/mol. The standard InChI is InChI=1S/C13H19F3N2/c1-9(2)11-5-3-10(4-6-11)7-12(18-17)8-13(14,15)16/h3-6,9,12,18H,7-8,17H2,1-2H3. The normalized spacial score (nSPS) is 13.9. The van der Waals surface area contributed by atoms with Gasteiger partial charge in [-0.05, 0) is 23.5 Å². The summed E-state index contributed by atoms with van der Waals surface area (Å²) in [5.41, 5.74) is 4.25. The minimum atomic E-state index is -4.20. The summed E-state index contributed by atoms with van der Waals surface area (Å²) in [6, 6.07) is 6.82. The van der Waals surface area contributed by atoms with Crippen LogP contribution in [0.15, 0.2) is 24.3 Å². The van der Waals surface area contributed by atoms with Crippen molar-refractivity contribution in [3.63, 3.8) is 0 Å². The molecule has 1 rings (SSSR count). The Labute approximate surface area is 105 Å². The van der Waals surface area contributed by atoms with E-state index in [9.17, 15) is 13.2 Å². The SMILES string of the molecule is CC(C)c1ccc(CC(CC(F)(F)F)NN)cc1. The summed E-state index contributed by atoms with van der Waals surface area (Å²) >= 11 is 0. The van der Waals surface area contributed by atoms with Gasteiger partial charge in [0.25, 0.3) is 0 Å². The Balaban J connectivity index is 2.65. The van der Waals surface area contributed by atoms with E-state index in [4.69, 9.17) is 5.84 Å². The van der Waals surface area contributed by atoms with Gasteiger partial charge in [0.05, 0.1) is 6.42 Å². The summed E-state index contributed by atoms with van der Waals surface area (Å²) < 4.78 is 36.8. The lowest BCUT2D eigenvalue weighted by atomic mass is 9.98. The molecule has 3 N–H and O–H groups in total. The van der Waals surface area contributed by atoms with E-state index in [1.165, 1.54) is 5.56 Å². The molecule has 0 saturated heterocycles. The Bertz CT molecular complexity index is 357. The summed E-state index contributed by atoms with van der Waals surface area (Å²) in [7, 11) is 0. The number of benzene rings is 1. The molecule has 1 atom stereocenters. The molecule has 0 radical (unpaired) electrons. The fraction of sp³-hybridized carbons (Fsp3) is 0.538. The van der Waals surface area contributed by atoms with Crippen LogP contribution < -0.4 is 11.3 Å². The first-order valence-corrected chi connectivity index (χ1v) is 5.93. The molecule has 102 valence electrons. The highest BCUT2D eigenvalue weighted by atomic mass is 19.4. The molecule has 0 aliphatic carbocycles. The molecule has 1 aromatic rings. The van der Waals surface area contributed by atoms with Crippen LogP contribution in [0.3, 0.4) is 0 Å². The van der Waals surface area contributed by atoms with Crippen LogP contribution in [0, 0.1) is 0 Å². The summed E-state index contributed by atoms with van der Waals surface area (Å²) in [5, 5.41) is 0. The summed E-state index contributed by atoms with van der Waals surface area (Å²) in [4.78, 5) is 0. The highest BCUT2D eigenvalue weighted by Crippen LogP contribution is 2.23. The first-order valence-electron chi connectivity index (χ1n) is 5.93. The van der Waals surface area contributed by atoms with Crippen LogP contribution in [0.25, 0.3) is 0 Å². The molecule has 1 unspecified atom stereocenters. The van der Waals surface area contributed by atoms with E-state index < -0.39 is 18.6 Å². The number of hydrazine groups is 1. The number of nitrogens with one attached hydrogen (secondary N) is 1. The highest BCUT2D eigenvalue weighted by molar-refractivity contribution is 5.25. The second kappa shape index (κ2) is 6.20. The van der Waals surface area contributed by atoms with Gasteiger partial charge in [0.15, 0.2) is 0 Å². The molecule has 2 nitrogen and oxygen atoms in total. The maximum atomic E-state index is 12.3. The Kier molecular flexibility index (Phi) is 5.16. The van der Waals surface area contributed by atoms with Crippen molar-refractivity contribution in [3.8, 4) is 0 Å². The van der Waals surface area contributed by atoms with Gasteiger partial charge in [-0.3, -0.25) is 11.3 Å². The molecule has 0 saturated carbocycles. The molecule has 0 amide bonds. The third-order valence-electron chi connectivity index (χ3n) is 2.84. The van der Waals surface area contributed by atoms with Crippen LogP contribution in [0.1, 0.15) is 37.3 Å². The van der Waals surface area contributed by atoms with E-state index in [0.717, 1.165) is 5.56 Å². The van der Waals surface area contributed by atoms with Crippen molar-refractivity contribution in [1.82, 2.24) is 5.43 Å². The summed E-state index contributed by atoms with van der Waals surface area (Å²) in [6.07, 6.45) is -4.85. The average molecular weight is 260 g/mol. The first kappa shape index (κ1) is 15.0. The minimum absolute atomic E-state index is 0.272. The van der Waals surface area contributed by atoms with Gasteiger partial charge in [-0.1, -0.05) is 38.1 Å². The van der Waals surface area contributed by atoms with Crippen LogP contribution in [0.4, 0.5) is 13.2 Å². The van der Waals surface area contributed by atoms with Crippen LogP contribution in [-0.4, -0.2) is 12.2 Å². The number of alkyl halides is 3. The molecule has 0 aliphatic heterocycles. The van der Waals surface area contributed by atoms with Crippen molar-refractivity contribution >= 4 is 0 Å². The monoisotopic (exact) mass is 260 g/mol. The molecule has 18 heavy (non-hydrogen) atoms. The number of rotatable bonds is 5. The van der Waals surface area contributed by atoms with Gasteiger partial charge in [0.1, 0.15) is 0 Å². The number of nitrogens with two attached hydrogens (primary N) is 1. The van der Waals surface area contributed by atoms with Gasteiger partial charge in [0.2, 0.25) is 0 Å². The summed E-state index contributed by atoms with van der Waals surface area (Å²) in [5.74, 6) is 5.57.